The van der Waals surface area contributed by atoms with E-state index in [-0.39, 0.29) is 6.61 Å². The molecule has 5 heteroatoms. The maximum absolute atomic E-state index is 10.3. The third-order valence-electron chi connectivity index (χ3n) is 1.84. The van der Waals surface area contributed by atoms with Gasteiger partial charge in [-0.3, -0.25) is 0 Å². The van der Waals surface area contributed by atoms with Crippen molar-refractivity contribution >= 4 is 6.09 Å². The number of rotatable bonds is 5. The summed E-state index contributed by atoms with van der Waals surface area (Å²) in [6, 6.07) is -0.479. The Morgan fingerprint density at radius 2 is 2.15 bits per heavy atom. The molecule has 0 aromatic carbocycles. The average molecular weight is 191 g/mol. The Morgan fingerprint density at radius 1 is 1.62 bits per heavy atom. The molecular formula is C8H17NO4. The lowest BCUT2D eigenvalue weighted by molar-refractivity contribution is 0.00223. The Morgan fingerprint density at radius 3 is 2.46 bits per heavy atom. The summed E-state index contributed by atoms with van der Waals surface area (Å²) in [5, 5.41) is 19.5. The monoisotopic (exact) mass is 191 g/mol. The number of carbonyl (C=O) groups is 1. The lowest BCUT2D eigenvalue weighted by Crippen LogP contribution is -2.42. The quantitative estimate of drug-likeness (QED) is 0.588. The summed E-state index contributed by atoms with van der Waals surface area (Å²) >= 11 is 0. The van der Waals surface area contributed by atoms with Crippen molar-refractivity contribution in [3.05, 3.63) is 0 Å². The standard InChI is InChI=1S/C8H17NO4/c1-8(2,13-3)4-6(5-10)9-7(11)12/h6,9-10H,4-5H2,1-3H3,(H,11,12). The zero-order valence-corrected chi connectivity index (χ0v) is 8.20. The maximum Gasteiger partial charge on any atom is 0.404 e. The van der Waals surface area contributed by atoms with E-state index in [1.165, 1.54) is 0 Å². The van der Waals surface area contributed by atoms with Gasteiger partial charge in [-0.1, -0.05) is 0 Å². The SMILES string of the molecule is COC(C)(C)CC(CO)NC(=O)O. The van der Waals surface area contributed by atoms with E-state index in [1.807, 2.05) is 13.8 Å². The first-order valence-electron chi connectivity index (χ1n) is 4.07. The number of hydrogen-bond acceptors (Lipinski definition) is 3. The molecule has 3 N–H and O–H groups in total. The van der Waals surface area contributed by atoms with Gasteiger partial charge in [0.15, 0.2) is 0 Å². The highest BCUT2D eigenvalue weighted by molar-refractivity contribution is 5.64. The van der Waals surface area contributed by atoms with Gasteiger partial charge in [-0.15, -0.1) is 0 Å². The van der Waals surface area contributed by atoms with Crippen LogP contribution in [0.1, 0.15) is 20.3 Å². The van der Waals surface area contributed by atoms with Crippen molar-refractivity contribution in [2.75, 3.05) is 13.7 Å². The molecule has 1 amide bonds. The normalized spacial score (nSPS) is 13.8. The summed E-state index contributed by atoms with van der Waals surface area (Å²) in [7, 11) is 1.55. The van der Waals surface area contributed by atoms with Crippen molar-refractivity contribution in [1.29, 1.82) is 0 Å². The summed E-state index contributed by atoms with van der Waals surface area (Å²) in [5.74, 6) is 0. The third kappa shape index (κ3) is 5.43. The summed E-state index contributed by atoms with van der Waals surface area (Å²) in [4.78, 5) is 10.3. The Labute approximate surface area is 77.7 Å². The molecule has 0 rings (SSSR count). The summed E-state index contributed by atoms with van der Waals surface area (Å²) in [5.41, 5.74) is -0.435. The second-order valence-electron chi connectivity index (χ2n) is 3.50. The van der Waals surface area contributed by atoms with Crippen LogP contribution in [-0.2, 0) is 4.74 Å². The van der Waals surface area contributed by atoms with E-state index >= 15 is 0 Å². The van der Waals surface area contributed by atoms with Gasteiger partial charge in [-0.2, -0.15) is 0 Å². The zero-order valence-electron chi connectivity index (χ0n) is 8.20. The van der Waals surface area contributed by atoms with Crippen LogP contribution >= 0.6 is 0 Å². The van der Waals surface area contributed by atoms with Crippen molar-refractivity contribution < 1.29 is 19.7 Å². The van der Waals surface area contributed by atoms with Gasteiger partial charge in [0.2, 0.25) is 0 Å². The van der Waals surface area contributed by atoms with Crippen LogP contribution in [0.2, 0.25) is 0 Å². The number of nitrogens with one attached hydrogen (secondary N) is 1. The average Bonchev–Trinajstić information content (AvgIpc) is 2.02. The maximum atomic E-state index is 10.3. The first-order valence-corrected chi connectivity index (χ1v) is 4.07. The van der Waals surface area contributed by atoms with Crippen LogP contribution in [0.4, 0.5) is 4.79 Å². The lowest BCUT2D eigenvalue weighted by Gasteiger charge is -2.27. The van der Waals surface area contributed by atoms with Gasteiger partial charge < -0.3 is 20.3 Å². The Balaban J connectivity index is 4.04. The molecule has 1 unspecified atom stereocenters. The summed E-state index contributed by atoms with van der Waals surface area (Å²) in [6.45, 7) is 3.44. The first-order chi connectivity index (χ1) is 5.91. The van der Waals surface area contributed by atoms with E-state index in [0.29, 0.717) is 6.42 Å². The van der Waals surface area contributed by atoms with E-state index in [1.54, 1.807) is 7.11 Å². The number of aliphatic hydroxyl groups excluding tert-OH is 1. The number of ether oxygens (including phenoxy) is 1. The molecule has 0 aromatic heterocycles. The minimum atomic E-state index is -1.13. The molecule has 0 aromatic rings. The minimum absolute atomic E-state index is 0.223. The van der Waals surface area contributed by atoms with Gasteiger partial charge in [0.25, 0.3) is 0 Å². The molecule has 0 bridgehead atoms. The molecule has 5 nitrogen and oxygen atoms in total. The Bertz CT molecular complexity index is 170. The zero-order chi connectivity index (χ0) is 10.5. The van der Waals surface area contributed by atoms with Crippen LogP contribution < -0.4 is 5.32 Å². The lowest BCUT2D eigenvalue weighted by atomic mass is 9.99. The van der Waals surface area contributed by atoms with Crippen molar-refractivity contribution in [2.24, 2.45) is 0 Å². The highest BCUT2D eigenvalue weighted by Gasteiger charge is 2.23. The highest BCUT2D eigenvalue weighted by atomic mass is 16.5. The molecule has 0 radical (unpaired) electrons. The topological polar surface area (TPSA) is 78.8 Å². The van der Waals surface area contributed by atoms with Crippen LogP contribution in [0.15, 0.2) is 0 Å². The highest BCUT2D eigenvalue weighted by Crippen LogP contribution is 2.15. The van der Waals surface area contributed by atoms with E-state index < -0.39 is 17.7 Å². The smallest absolute Gasteiger partial charge is 0.404 e. The van der Waals surface area contributed by atoms with Crippen molar-refractivity contribution in [2.45, 2.75) is 31.9 Å². The van der Waals surface area contributed by atoms with Crippen molar-refractivity contribution in [1.82, 2.24) is 5.32 Å². The number of hydrogen-bond donors (Lipinski definition) is 3. The fourth-order valence-electron chi connectivity index (χ4n) is 1.01. The number of carboxylic acid groups (broad SMARTS) is 1. The van der Waals surface area contributed by atoms with E-state index in [2.05, 4.69) is 5.32 Å². The summed E-state index contributed by atoms with van der Waals surface area (Å²) in [6.07, 6.45) is -0.697. The second kappa shape index (κ2) is 5.04. The Kier molecular flexibility index (Phi) is 4.72. The number of amides is 1. The van der Waals surface area contributed by atoms with Crippen molar-refractivity contribution in [3.63, 3.8) is 0 Å². The van der Waals surface area contributed by atoms with Crippen molar-refractivity contribution in [3.8, 4) is 0 Å². The molecule has 78 valence electrons. The van der Waals surface area contributed by atoms with Gasteiger partial charge >= 0.3 is 6.09 Å². The number of aliphatic hydroxyl groups is 1. The van der Waals surface area contributed by atoms with Gasteiger partial charge in [0.1, 0.15) is 0 Å². The predicted molar refractivity (Wildman–Crippen MR) is 47.7 cm³/mol. The largest absolute Gasteiger partial charge is 0.465 e. The predicted octanol–water partition coefficient (Wildman–Crippen LogP) is 0.430. The Hall–Kier alpha value is -0.810. The fourth-order valence-corrected chi connectivity index (χ4v) is 1.01. The molecule has 1 atom stereocenters. The first kappa shape index (κ1) is 12.2. The van der Waals surface area contributed by atoms with E-state index in [0.717, 1.165) is 0 Å². The summed E-state index contributed by atoms with van der Waals surface area (Å²) < 4.78 is 5.11. The molecule has 13 heavy (non-hydrogen) atoms. The fraction of sp³-hybridized carbons (Fsp3) is 0.875. The van der Waals surface area contributed by atoms with Crippen LogP contribution in [-0.4, -0.2) is 41.7 Å². The van der Waals surface area contributed by atoms with Gasteiger partial charge in [-0.25, -0.2) is 4.79 Å². The van der Waals surface area contributed by atoms with Crippen LogP contribution in [0.25, 0.3) is 0 Å². The van der Waals surface area contributed by atoms with E-state index in [9.17, 15) is 4.79 Å². The second-order valence-corrected chi connectivity index (χ2v) is 3.50. The van der Waals surface area contributed by atoms with Gasteiger partial charge in [0, 0.05) is 7.11 Å². The minimum Gasteiger partial charge on any atom is -0.465 e. The molecule has 0 heterocycles. The van der Waals surface area contributed by atoms with Gasteiger partial charge in [0.05, 0.1) is 18.2 Å². The van der Waals surface area contributed by atoms with Crippen LogP contribution in [0, 0.1) is 0 Å². The van der Waals surface area contributed by atoms with Gasteiger partial charge in [-0.05, 0) is 20.3 Å². The van der Waals surface area contributed by atoms with E-state index in [4.69, 9.17) is 14.9 Å². The van der Waals surface area contributed by atoms with Crippen LogP contribution in [0.5, 0.6) is 0 Å². The molecule has 0 aliphatic carbocycles. The molecule has 0 fully saturated rings. The molecule has 0 saturated heterocycles. The molecule has 0 aliphatic heterocycles. The third-order valence-corrected chi connectivity index (χ3v) is 1.84. The molecular weight excluding hydrogens is 174 g/mol. The number of methoxy groups -OCH3 is 1. The molecule has 0 saturated carbocycles. The molecule has 0 spiro atoms. The van der Waals surface area contributed by atoms with Crippen LogP contribution in [0.3, 0.4) is 0 Å². The molecule has 0 aliphatic rings.